The molecule has 1 unspecified atom stereocenters. The number of fused-ring (bicyclic) bond motifs is 1. The first-order valence-corrected chi connectivity index (χ1v) is 10.1. The van der Waals surface area contributed by atoms with Crippen molar-refractivity contribution in [3.05, 3.63) is 59.4 Å². The highest BCUT2D eigenvalue weighted by atomic mass is 32.2. The van der Waals surface area contributed by atoms with Gasteiger partial charge in [-0.2, -0.15) is 4.31 Å². The van der Waals surface area contributed by atoms with Crippen LogP contribution < -0.4 is 4.90 Å². The lowest BCUT2D eigenvalue weighted by Crippen LogP contribution is -2.42. The largest absolute Gasteiger partial charge is 0.371 e. The number of anilines is 1. The Morgan fingerprint density at radius 2 is 1.96 bits per heavy atom. The minimum Gasteiger partial charge on any atom is -0.371 e. The van der Waals surface area contributed by atoms with Crippen molar-refractivity contribution < 1.29 is 22.3 Å². The van der Waals surface area contributed by atoms with E-state index in [1.54, 1.807) is 37.4 Å². The average molecular weight is 390 g/mol. The minimum atomic E-state index is -3.77. The van der Waals surface area contributed by atoms with Crippen LogP contribution in [0.15, 0.2) is 47.4 Å². The number of nitrogens with zero attached hydrogens (tertiary/aromatic N) is 2. The number of likely N-dealkylation sites (N-methyl/N-ethyl adjacent to an activating group) is 1. The molecule has 1 amide bonds. The van der Waals surface area contributed by atoms with Crippen LogP contribution in [0.25, 0.3) is 0 Å². The third kappa shape index (κ3) is 3.13. The number of hydrogen-bond donors (Lipinski definition) is 0. The van der Waals surface area contributed by atoms with Crippen molar-refractivity contribution in [3.8, 4) is 0 Å². The van der Waals surface area contributed by atoms with Crippen molar-refractivity contribution in [2.24, 2.45) is 0 Å². The molecule has 2 aromatic rings. The number of hydrogen-bond acceptors (Lipinski definition) is 4. The van der Waals surface area contributed by atoms with Gasteiger partial charge in [0, 0.05) is 31.4 Å². The number of rotatable bonds is 3. The molecule has 1 atom stereocenters. The molecule has 8 heteroatoms. The van der Waals surface area contributed by atoms with Gasteiger partial charge in [-0.25, -0.2) is 12.8 Å². The number of carbonyl (C=O) groups excluding carboxylic acids is 1. The zero-order chi connectivity index (χ0) is 19.2. The molecule has 0 aliphatic carbocycles. The van der Waals surface area contributed by atoms with E-state index in [0.29, 0.717) is 11.1 Å². The molecule has 0 spiro atoms. The number of amides is 1. The molecular weight excluding hydrogens is 371 g/mol. The second-order valence-electron chi connectivity index (χ2n) is 6.66. The summed E-state index contributed by atoms with van der Waals surface area (Å²) in [6.07, 6.45) is -0.465. The molecule has 2 aromatic carbocycles. The monoisotopic (exact) mass is 390 g/mol. The first-order chi connectivity index (χ1) is 12.9. The molecule has 2 aliphatic heterocycles. The van der Waals surface area contributed by atoms with Crippen LogP contribution in [0.2, 0.25) is 0 Å². The minimum absolute atomic E-state index is 0.0409. The van der Waals surface area contributed by atoms with E-state index in [0.717, 1.165) is 5.69 Å². The quantitative estimate of drug-likeness (QED) is 0.805. The van der Waals surface area contributed by atoms with E-state index in [1.165, 1.54) is 21.3 Å². The van der Waals surface area contributed by atoms with Crippen LogP contribution >= 0.6 is 0 Å². The standard InChI is InChI=1S/C19H19FN2O4S/c1-21-17-7-6-14(10-13(17)11-19(21)23)27(24,25)22-8-9-26-18(12-22)15-4-2-3-5-16(15)20/h2-7,10,18H,8-9,11-12H2,1H3. The maximum atomic E-state index is 14.1. The van der Waals surface area contributed by atoms with Crippen molar-refractivity contribution in [3.63, 3.8) is 0 Å². The molecule has 142 valence electrons. The Morgan fingerprint density at radius 1 is 1.19 bits per heavy atom. The van der Waals surface area contributed by atoms with E-state index in [2.05, 4.69) is 0 Å². The van der Waals surface area contributed by atoms with Crippen LogP contribution in [-0.4, -0.2) is 45.4 Å². The third-order valence-corrected chi connectivity index (χ3v) is 6.91. The van der Waals surface area contributed by atoms with Gasteiger partial charge in [-0.05, 0) is 29.8 Å². The fourth-order valence-corrected chi connectivity index (χ4v) is 5.00. The Bertz CT molecular complexity index is 1010. The molecular formula is C19H19FN2O4S. The molecule has 0 N–H and O–H groups in total. The van der Waals surface area contributed by atoms with Gasteiger partial charge >= 0.3 is 0 Å². The molecule has 4 rings (SSSR count). The average Bonchev–Trinajstić information content (AvgIpc) is 2.96. The van der Waals surface area contributed by atoms with Crippen LogP contribution in [0, 0.1) is 5.82 Å². The summed E-state index contributed by atoms with van der Waals surface area (Å²) in [5.41, 5.74) is 1.77. The lowest BCUT2D eigenvalue weighted by Gasteiger charge is -2.32. The van der Waals surface area contributed by atoms with E-state index in [9.17, 15) is 17.6 Å². The van der Waals surface area contributed by atoms with Gasteiger partial charge in [0.05, 0.1) is 24.0 Å². The lowest BCUT2D eigenvalue weighted by atomic mass is 10.1. The van der Waals surface area contributed by atoms with Gasteiger partial charge in [-0.15, -0.1) is 0 Å². The van der Waals surface area contributed by atoms with Gasteiger partial charge in [-0.1, -0.05) is 18.2 Å². The SMILES string of the molecule is CN1C(=O)Cc2cc(S(=O)(=O)N3CCOC(c4ccccc4F)C3)ccc21. The number of halogens is 1. The van der Waals surface area contributed by atoms with Crippen LogP contribution in [0.1, 0.15) is 17.2 Å². The Kier molecular flexibility index (Phi) is 4.49. The summed E-state index contributed by atoms with van der Waals surface area (Å²) in [5, 5.41) is 0. The fourth-order valence-electron chi connectivity index (χ4n) is 3.52. The third-order valence-electron chi connectivity index (χ3n) is 5.05. The number of sulfonamides is 1. The van der Waals surface area contributed by atoms with Gasteiger partial charge < -0.3 is 9.64 Å². The Balaban J connectivity index is 1.62. The predicted octanol–water partition coefficient (Wildman–Crippen LogP) is 2.11. The van der Waals surface area contributed by atoms with Crippen molar-refractivity contribution in [1.29, 1.82) is 0 Å². The number of ether oxygens (including phenoxy) is 1. The summed E-state index contributed by atoms with van der Waals surface area (Å²) in [6.45, 7) is 0.423. The zero-order valence-electron chi connectivity index (χ0n) is 14.8. The first kappa shape index (κ1) is 18.1. The van der Waals surface area contributed by atoms with Crippen LogP contribution in [0.3, 0.4) is 0 Å². The molecule has 0 saturated carbocycles. The summed E-state index contributed by atoms with van der Waals surface area (Å²) in [4.78, 5) is 13.5. The Morgan fingerprint density at radius 3 is 2.74 bits per heavy atom. The molecule has 1 fully saturated rings. The predicted molar refractivity (Wildman–Crippen MR) is 97.4 cm³/mol. The molecule has 2 aliphatic rings. The highest BCUT2D eigenvalue weighted by Gasteiger charge is 2.34. The maximum absolute atomic E-state index is 14.1. The highest BCUT2D eigenvalue weighted by molar-refractivity contribution is 7.89. The maximum Gasteiger partial charge on any atom is 0.243 e. The normalized spacial score (nSPS) is 20.7. The van der Waals surface area contributed by atoms with Gasteiger partial charge in [0.25, 0.3) is 0 Å². The van der Waals surface area contributed by atoms with Crippen LogP contribution in [0.4, 0.5) is 10.1 Å². The molecule has 6 nitrogen and oxygen atoms in total. The van der Waals surface area contributed by atoms with E-state index in [-0.39, 0.29) is 36.9 Å². The zero-order valence-corrected chi connectivity index (χ0v) is 15.6. The van der Waals surface area contributed by atoms with E-state index in [4.69, 9.17) is 4.74 Å². The van der Waals surface area contributed by atoms with Crippen molar-refractivity contribution in [2.75, 3.05) is 31.6 Å². The van der Waals surface area contributed by atoms with Crippen molar-refractivity contribution in [1.82, 2.24) is 4.31 Å². The van der Waals surface area contributed by atoms with Gasteiger partial charge in [0.1, 0.15) is 5.82 Å². The highest BCUT2D eigenvalue weighted by Crippen LogP contribution is 2.32. The second kappa shape index (κ2) is 6.70. The van der Waals surface area contributed by atoms with E-state index in [1.807, 2.05) is 0 Å². The summed E-state index contributed by atoms with van der Waals surface area (Å²) in [6, 6.07) is 10.9. The lowest BCUT2D eigenvalue weighted by molar-refractivity contribution is -0.117. The Hall–Kier alpha value is -2.29. The molecule has 0 aromatic heterocycles. The van der Waals surface area contributed by atoms with Crippen LogP contribution in [0.5, 0.6) is 0 Å². The smallest absolute Gasteiger partial charge is 0.243 e. The molecule has 0 radical (unpaired) electrons. The van der Waals surface area contributed by atoms with Crippen molar-refractivity contribution >= 4 is 21.6 Å². The van der Waals surface area contributed by atoms with Crippen LogP contribution in [-0.2, 0) is 26.0 Å². The number of benzene rings is 2. The second-order valence-corrected chi connectivity index (χ2v) is 8.60. The first-order valence-electron chi connectivity index (χ1n) is 8.63. The number of carbonyl (C=O) groups is 1. The van der Waals surface area contributed by atoms with E-state index < -0.39 is 21.9 Å². The molecule has 0 bridgehead atoms. The van der Waals surface area contributed by atoms with Gasteiger partial charge in [0.2, 0.25) is 15.9 Å². The summed E-state index contributed by atoms with van der Waals surface area (Å²) in [5.74, 6) is -0.480. The van der Waals surface area contributed by atoms with Crippen molar-refractivity contribution in [2.45, 2.75) is 17.4 Å². The summed E-state index contributed by atoms with van der Waals surface area (Å²) >= 11 is 0. The molecule has 1 saturated heterocycles. The van der Waals surface area contributed by atoms with Gasteiger partial charge in [0.15, 0.2) is 0 Å². The van der Waals surface area contributed by atoms with Gasteiger partial charge in [-0.3, -0.25) is 4.79 Å². The number of morpholine rings is 1. The molecule has 27 heavy (non-hydrogen) atoms. The Labute approximate surface area is 157 Å². The fraction of sp³-hybridized carbons (Fsp3) is 0.316. The summed E-state index contributed by atoms with van der Waals surface area (Å²) < 4.78 is 47.2. The van der Waals surface area contributed by atoms with E-state index >= 15 is 0 Å². The topological polar surface area (TPSA) is 66.9 Å². The summed E-state index contributed by atoms with van der Waals surface area (Å²) in [7, 11) is -2.10. The molecule has 2 heterocycles.